The van der Waals surface area contributed by atoms with Gasteiger partial charge in [-0.1, -0.05) is 18.2 Å². The molecule has 7 heteroatoms. The molecule has 0 aliphatic carbocycles. The minimum atomic E-state index is -4.09. The van der Waals surface area contributed by atoms with Crippen molar-refractivity contribution in [3.63, 3.8) is 0 Å². The molecule has 1 heterocycles. The number of hydrogen-bond acceptors (Lipinski definition) is 4. The lowest BCUT2D eigenvalue weighted by Crippen LogP contribution is -2.06. The molecule has 1 aromatic heterocycles. The van der Waals surface area contributed by atoms with Crippen molar-refractivity contribution in [1.82, 2.24) is 4.98 Å². The Morgan fingerprint density at radius 1 is 0.897 bits per heavy atom. The summed E-state index contributed by atoms with van der Waals surface area (Å²) in [4.78, 5) is 3.87. The van der Waals surface area contributed by atoms with Gasteiger partial charge in [0.05, 0.1) is 26.9 Å². The standard InChI is InChI=1S/C22H12F2N2O2S/c23-16-5-2-4-15(10-16)22-19-8-7-17(24)11-20(19)26-13-21(22)29(27,28)18-6-1-3-14(9-18)12-25/h1-11,13H. The fourth-order valence-electron chi connectivity index (χ4n) is 3.15. The van der Waals surface area contributed by atoms with E-state index < -0.39 is 21.5 Å². The van der Waals surface area contributed by atoms with Crippen LogP contribution in [0.3, 0.4) is 0 Å². The van der Waals surface area contributed by atoms with E-state index in [1.54, 1.807) is 6.07 Å². The summed E-state index contributed by atoms with van der Waals surface area (Å²) in [6, 6.07) is 16.8. The van der Waals surface area contributed by atoms with Gasteiger partial charge in [-0.15, -0.1) is 0 Å². The zero-order chi connectivity index (χ0) is 20.6. The average Bonchev–Trinajstić information content (AvgIpc) is 2.72. The topological polar surface area (TPSA) is 70.8 Å². The van der Waals surface area contributed by atoms with Crippen LogP contribution in [-0.4, -0.2) is 13.4 Å². The molecule has 0 N–H and O–H groups in total. The Balaban J connectivity index is 2.08. The number of nitrogens with zero attached hydrogens (tertiary/aromatic N) is 2. The van der Waals surface area contributed by atoms with Crippen LogP contribution in [0.1, 0.15) is 5.56 Å². The molecule has 0 aliphatic rings. The number of halogens is 2. The van der Waals surface area contributed by atoms with Crippen molar-refractivity contribution in [2.75, 3.05) is 0 Å². The van der Waals surface area contributed by atoms with E-state index in [4.69, 9.17) is 5.26 Å². The van der Waals surface area contributed by atoms with Crippen molar-refractivity contribution in [3.05, 3.63) is 90.1 Å². The molecule has 0 saturated carbocycles. The van der Waals surface area contributed by atoms with Crippen LogP contribution in [0.25, 0.3) is 22.0 Å². The molecule has 29 heavy (non-hydrogen) atoms. The lowest BCUT2D eigenvalue weighted by Gasteiger charge is -2.14. The molecule has 0 spiro atoms. The van der Waals surface area contributed by atoms with Crippen molar-refractivity contribution in [1.29, 1.82) is 5.26 Å². The maximum Gasteiger partial charge on any atom is 0.208 e. The lowest BCUT2D eigenvalue weighted by atomic mass is 10.0. The van der Waals surface area contributed by atoms with E-state index >= 15 is 0 Å². The minimum absolute atomic E-state index is 0.0857. The van der Waals surface area contributed by atoms with Crippen LogP contribution >= 0.6 is 0 Å². The molecule has 0 unspecified atom stereocenters. The molecule has 0 atom stereocenters. The number of sulfone groups is 1. The summed E-state index contributed by atoms with van der Waals surface area (Å²) in [5.41, 5.74) is 0.971. The smallest absolute Gasteiger partial charge is 0.208 e. The van der Waals surface area contributed by atoms with E-state index in [2.05, 4.69) is 4.98 Å². The molecular formula is C22H12F2N2O2S. The number of nitriles is 1. The molecule has 142 valence electrons. The van der Waals surface area contributed by atoms with Gasteiger partial charge in [-0.25, -0.2) is 17.2 Å². The number of benzene rings is 3. The average molecular weight is 406 g/mol. The quantitative estimate of drug-likeness (QED) is 0.486. The Labute approximate surface area is 165 Å². The van der Waals surface area contributed by atoms with Gasteiger partial charge in [0.2, 0.25) is 9.84 Å². The summed E-state index contributed by atoms with van der Waals surface area (Å²) in [5.74, 6) is -1.06. The Kier molecular flexibility index (Phi) is 4.57. The summed E-state index contributed by atoms with van der Waals surface area (Å²) in [5, 5.41) is 9.46. The number of hydrogen-bond donors (Lipinski definition) is 0. The molecule has 0 aliphatic heterocycles. The first kappa shape index (κ1) is 18.7. The van der Waals surface area contributed by atoms with Gasteiger partial charge in [0.15, 0.2) is 0 Å². The minimum Gasteiger partial charge on any atom is -0.255 e. The van der Waals surface area contributed by atoms with Crippen LogP contribution < -0.4 is 0 Å². The monoisotopic (exact) mass is 406 g/mol. The van der Waals surface area contributed by atoms with Gasteiger partial charge in [-0.05, 0) is 48.0 Å². The highest BCUT2D eigenvalue weighted by atomic mass is 32.2. The van der Waals surface area contributed by atoms with Crippen LogP contribution in [0.5, 0.6) is 0 Å². The third-order valence-corrected chi connectivity index (χ3v) is 6.24. The first-order valence-corrected chi connectivity index (χ1v) is 9.98. The van der Waals surface area contributed by atoms with Crippen molar-refractivity contribution < 1.29 is 17.2 Å². The number of pyridine rings is 1. The van der Waals surface area contributed by atoms with Crippen molar-refractivity contribution >= 4 is 20.7 Å². The second kappa shape index (κ2) is 7.08. The molecule has 0 fully saturated rings. The maximum atomic E-state index is 13.9. The molecule has 0 amide bonds. The van der Waals surface area contributed by atoms with Gasteiger partial charge in [-0.2, -0.15) is 5.26 Å². The van der Waals surface area contributed by atoms with Crippen LogP contribution in [0.15, 0.2) is 82.7 Å². The molecule has 4 nitrogen and oxygen atoms in total. The summed E-state index contributed by atoms with van der Waals surface area (Å²) in [7, 11) is -4.09. The molecule has 4 rings (SSSR count). The summed E-state index contributed by atoms with van der Waals surface area (Å²) < 4.78 is 54.3. The molecule has 0 saturated heterocycles. The summed E-state index contributed by atoms with van der Waals surface area (Å²) in [6.45, 7) is 0. The van der Waals surface area contributed by atoms with Gasteiger partial charge in [0.25, 0.3) is 0 Å². The number of aromatic nitrogens is 1. The van der Waals surface area contributed by atoms with Crippen molar-refractivity contribution in [2.24, 2.45) is 0 Å². The predicted octanol–water partition coefficient (Wildman–Crippen LogP) is 4.88. The largest absolute Gasteiger partial charge is 0.255 e. The summed E-state index contributed by atoms with van der Waals surface area (Å²) in [6.07, 6.45) is 1.14. The fourth-order valence-corrected chi connectivity index (χ4v) is 4.64. The highest BCUT2D eigenvalue weighted by molar-refractivity contribution is 7.91. The summed E-state index contributed by atoms with van der Waals surface area (Å²) >= 11 is 0. The van der Waals surface area contributed by atoms with E-state index in [-0.39, 0.29) is 26.4 Å². The molecule has 4 aromatic rings. The normalized spacial score (nSPS) is 11.3. The molecular weight excluding hydrogens is 394 g/mol. The van der Waals surface area contributed by atoms with Gasteiger partial charge in [0, 0.05) is 23.2 Å². The zero-order valence-electron chi connectivity index (χ0n) is 14.8. The van der Waals surface area contributed by atoms with Gasteiger partial charge >= 0.3 is 0 Å². The first-order valence-electron chi connectivity index (χ1n) is 8.49. The van der Waals surface area contributed by atoms with E-state index in [1.165, 1.54) is 60.7 Å². The van der Waals surface area contributed by atoms with E-state index in [9.17, 15) is 17.2 Å². The van der Waals surface area contributed by atoms with Crippen LogP contribution in [-0.2, 0) is 9.84 Å². The van der Waals surface area contributed by atoms with E-state index in [1.807, 2.05) is 6.07 Å². The number of fused-ring (bicyclic) bond motifs is 1. The van der Waals surface area contributed by atoms with Gasteiger partial charge in [0.1, 0.15) is 11.6 Å². The lowest BCUT2D eigenvalue weighted by molar-refractivity contribution is 0.596. The molecule has 0 bridgehead atoms. The van der Waals surface area contributed by atoms with Gasteiger partial charge in [-0.3, -0.25) is 4.98 Å². The highest BCUT2D eigenvalue weighted by Crippen LogP contribution is 2.37. The van der Waals surface area contributed by atoms with Crippen LogP contribution in [0, 0.1) is 23.0 Å². The predicted molar refractivity (Wildman–Crippen MR) is 104 cm³/mol. The molecule has 3 aromatic carbocycles. The van der Waals surface area contributed by atoms with Crippen LogP contribution in [0.2, 0.25) is 0 Å². The Morgan fingerprint density at radius 2 is 1.66 bits per heavy atom. The maximum absolute atomic E-state index is 13.9. The van der Waals surface area contributed by atoms with Crippen molar-refractivity contribution in [2.45, 2.75) is 9.79 Å². The molecule has 0 radical (unpaired) electrons. The zero-order valence-corrected chi connectivity index (χ0v) is 15.6. The highest BCUT2D eigenvalue weighted by Gasteiger charge is 2.25. The fraction of sp³-hybridized carbons (Fsp3) is 0. The second-order valence-corrected chi connectivity index (χ2v) is 8.23. The van der Waals surface area contributed by atoms with Crippen molar-refractivity contribution in [3.8, 4) is 17.2 Å². The second-order valence-electron chi connectivity index (χ2n) is 6.31. The van der Waals surface area contributed by atoms with E-state index in [0.717, 1.165) is 6.20 Å². The number of rotatable bonds is 3. The van der Waals surface area contributed by atoms with Gasteiger partial charge < -0.3 is 0 Å². The Hall–Kier alpha value is -3.63. The SMILES string of the molecule is N#Cc1cccc(S(=O)(=O)c2cnc3cc(F)ccc3c2-c2cccc(F)c2)c1. The Morgan fingerprint density at radius 3 is 2.41 bits per heavy atom. The Bertz CT molecular complexity index is 1410. The third-order valence-electron chi connectivity index (χ3n) is 4.47. The van der Waals surface area contributed by atoms with E-state index in [0.29, 0.717) is 10.9 Å². The third kappa shape index (κ3) is 3.35. The van der Waals surface area contributed by atoms with Crippen LogP contribution in [0.4, 0.5) is 8.78 Å². The first-order chi connectivity index (χ1) is 13.9.